The van der Waals surface area contributed by atoms with Crippen molar-refractivity contribution in [2.24, 2.45) is 0 Å². The molecule has 0 aliphatic heterocycles. The molecule has 2 heteroatoms. The van der Waals surface area contributed by atoms with Gasteiger partial charge in [-0.3, -0.25) is 9.59 Å². The highest BCUT2D eigenvalue weighted by Crippen LogP contribution is 2.53. The lowest BCUT2D eigenvalue weighted by Crippen LogP contribution is -2.25. The Balaban J connectivity index is 1.76. The van der Waals surface area contributed by atoms with Gasteiger partial charge in [-0.05, 0) is 60.1 Å². The molecule has 122 valence electrons. The normalized spacial score (nSPS) is 20.4. The van der Waals surface area contributed by atoms with E-state index in [0.29, 0.717) is 24.7 Å². The van der Waals surface area contributed by atoms with Crippen LogP contribution in [0.3, 0.4) is 0 Å². The van der Waals surface area contributed by atoms with Crippen molar-refractivity contribution in [3.63, 3.8) is 0 Å². The minimum Gasteiger partial charge on any atom is -0.300 e. The Morgan fingerprint density at radius 3 is 1.54 bits per heavy atom. The highest BCUT2D eigenvalue weighted by Gasteiger charge is 2.37. The van der Waals surface area contributed by atoms with Crippen molar-refractivity contribution in [2.45, 2.75) is 51.4 Å². The van der Waals surface area contributed by atoms with Crippen molar-refractivity contribution < 1.29 is 9.59 Å². The van der Waals surface area contributed by atoms with Gasteiger partial charge < -0.3 is 0 Å². The number of ketones is 2. The molecule has 0 heterocycles. The summed E-state index contributed by atoms with van der Waals surface area (Å²) < 4.78 is 0. The Morgan fingerprint density at radius 1 is 0.750 bits per heavy atom. The predicted octanol–water partition coefficient (Wildman–Crippen LogP) is 4.32. The van der Waals surface area contributed by atoms with E-state index in [2.05, 4.69) is 36.4 Å². The summed E-state index contributed by atoms with van der Waals surface area (Å²) in [5, 5.41) is 0. The van der Waals surface area contributed by atoms with E-state index in [1.807, 2.05) is 0 Å². The van der Waals surface area contributed by atoms with E-state index >= 15 is 0 Å². The van der Waals surface area contributed by atoms with Gasteiger partial charge in [-0.25, -0.2) is 0 Å². The van der Waals surface area contributed by atoms with Crippen LogP contribution in [0.15, 0.2) is 36.4 Å². The molecule has 24 heavy (non-hydrogen) atoms. The summed E-state index contributed by atoms with van der Waals surface area (Å²) >= 11 is 0. The van der Waals surface area contributed by atoms with E-state index in [4.69, 9.17) is 0 Å². The van der Waals surface area contributed by atoms with Gasteiger partial charge in [0.25, 0.3) is 0 Å². The molecule has 0 spiro atoms. The van der Waals surface area contributed by atoms with Crippen LogP contribution in [0.1, 0.15) is 71.9 Å². The number of hydrogen-bond acceptors (Lipinski definition) is 2. The van der Waals surface area contributed by atoms with E-state index in [0.717, 1.165) is 11.1 Å². The van der Waals surface area contributed by atoms with Gasteiger partial charge in [0.05, 0.1) is 0 Å². The molecule has 2 bridgehead atoms. The van der Waals surface area contributed by atoms with E-state index in [1.54, 1.807) is 13.8 Å². The van der Waals surface area contributed by atoms with Crippen molar-refractivity contribution in [1.29, 1.82) is 0 Å². The summed E-state index contributed by atoms with van der Waals surface area (Å²) in [7, 11) is 0. The largest absolute Gasteiger partial charge is 0.300 e. The summed E-state index contributed by atoms with van der Waals surface area (Å²) in [6, 6.07) is 13.2. The maximum atomic E-state index is 11.4. The summed E-state index contributed by atoms with van der Waals surface area (Å²) in [5.74, 6) is 1.31. The first-order valence-electron chi connectivity index (χ1n) is 8.77. The Bertz CT molecular complexity index is 776. The summed E-state index contributed by atoms with van der Waals surface area (Å²) in [5.41, 5.74) is 7.93. The second-order valence-corrected chi connectivity index (χ2v) is 7.37. The molecule has 2 nitrogen and oxygen atoms in total. The van der Waals surface area contributed by atoms with Gasteiger partial charge in [-0.2, -0.15) is 0 Å². The zero-order valence-electron chi connectivity index (χ0n) is 14.3. The highest BCUT2D eigenvalue weighted by atomic mass is 16.1. The van der Waals surface area contributed by atoms with Crippen molar-refractivity contribution >= 4 is 11.6 Å². The van der Waals surface area contributed by atoms with Crippen molar-refractivity contribution in [1.82, 2.24) is 0 Å². The molecule has 0 fully saturated rings. The van der Waals surface area contributed by atoms with Gasteiger partial charge in [0.15, 0.2) is 0 Å². The maximum absolute atomic E-state index is 11.4. The number of carbonyl (C=O) groups is 2. The van der Waals surface area contributed by atoms with Crippen molar-refractivity contribution in [2.75, 3.05) is 0 Å². The first kappa shape index (κ1) is 15.3. The van der Waals surface area contributed by atoms with Crippen LogP contribution < -0.4 is 0 Å². The van der Waals surface area contributed by atoms with Gasteiger partial charge >= 0.3 is 0 Å². The molecule has 2 aromatic carbocycles. The van der Waals surface area contributed by atoms with Crippen LogP contribution in [0.4, 0.5) is 0 Å². The molecule has 2 unspecified atom stereocenters. The third-order valence-electron chi connectivity index (χ3n) is 5.45. The monoisotopic (exact) mass is 318 g/mol. The summed E-state index contributed by atoms with van der Waals surface area (Å²) in [6.45, 7) is 3.30. The predicted molar refractivity (Wildman–Crippen MR) is 94.6 cm³/mol. The van der Waals surface area contributed by atoms with Crippen LogP contribution in [-0.2, 0) is 22.4 Å². The zero-order chi connectivity index (χ0) is 16.8. The molecule has 3 aliphatic rings. The number of rotatable bonds is 4. The number of carbonyl (C=O) groups excluding carboxylic acids is 2. The number of benzene rings is 2. The Hall–Kier alpha value is -2.22. The lowest BCUT2D eigenvalue weighted by molar-refractivity contribution is -0.117. The summed E-state index contributed by atoms with van der Waals surface area (Å²) in [4.78, 5) is 22.9. The molecule has 0 radical (unpaired) electrons. The lowest BCUT2D eigenvalue weighted by Gasteiger charge is -2.41. The molecule has 0 saturated carbocycles. The van der Waals surface area contributed by atoms with Crippen LogP contribution >= 0.6 is 0 Å². The number of Topliss-reactive ketones (excluding diaryl/α,β-unsaturated/α-hetero) is 2. The fourth-order valence-corrected chi connectivity index (χ4v) is 4.57. The number of hydrogen-bond donors (Lipinski definition) is 0. The first-order chi connectivity index (χ1) is 11.5. The van der Waals surface area contributed by atoms with Crippen LogP contribution in [-0.4, -0.2) is 11.6 Å². The van der Waals surface area contributed by atoms with Crippen LogP contribution in [0.5, 0.6) is 0 Å². The summed E-state index contributed by atoms with van der Waals surface area (Å²) in [6.07, 6.45) is 3.41. The Labute approximate surface area is 142 Å². The minimum atomic E-state index is 0.213. The molecule has 3 aliphatic carbocycles. The quantitative estimate of drug-likeness (QED) is 0.841. The van der Waals surface area contributed by atoms with Gasteiger partial charge in [-0.15, -0.1) is 0 Å². The molecule has 2 aromatic rings. The van der Waals surface area contributed by atoms with Crippen molar-refractivity contribution in [3.05, 3.63) is 69.8 Å². The third-order valence-corrected chi connectivity index (χ3v) is 5.45. The van der Waals surface area contributed by atoms with E-state index in [-0.39, 0.29) is 11.6 Å². The zero-order valence-corrected chi connectivity index (χ0v) is 14.3. The Kier molecular flexibility index (Phi) is 3.64. The highest BCUT2D eigenvalue weighted by molar-refractivity contribution is 5.79. The van der Waals surface area contributed by atoms with E-state index in [1.165, 1.54) is 35.1 Å². The molecular weight excluding hydrogens is 296 g/mol. The van der Waals surface area contributed by atoms with Gasteiger partial charge in [0, 0.05) is 24.7 Å². The molecule has 5 rings (SSSR count). The second kappa shape index (κ2) is 5.70. The van der Waals surface area contributed by atoms with E-state index < -0.39 is 0 Å². The molecular formula is C22H22O2. The fraction of sp³-hybridized carbons (Fsp3) is 0.364. The fourth-order valence-electron chi connectivity index (χ4n) is 4.57. The SMILES string of the molecule is CC(=O)Cc1ccc2c(c1)C1CCC2c2cc(CC(C)=O)ccc21. The average molecular weight is 318 g/mol. The van der Waals surface area contributed by atoms with Crippen LogP contribution in [0.2, 0.25) is 0 Å². The topological polar surface area (TPSA) is 34.1 Å². The van der Waals surface area contributed by atoms with E-state index in [9.17, 15) is 9.59 Å². The molecule has 0 N–H and O–H groups in total. The van der Waals surface area contributed by atoms with Gasteiger partial charge in [0.1, 0.15) is 11.6 Å². The average Bonchev–Trinajstić information content (AvgIpc) is 2.54. The maximum Gasteiger partial charge on any atom is 0.134 e. The number of fused-ring (bicyclic) bond motifs is 1. The van der Waals surface area contributed by atoms with Crippen LogP contribution in [0.25, 0.3) is 0 Å². The third kappa shape index (κ3) is 2.50. The molecule has 0 amide bonds. The lowest BCUT2D eigenvalue weighted by atomic mass is 9.63. The van der Waals surface area contributed by atoms with Crippen LogP contribution in [0, 0.1) is 0 Å². The Morgan fingerprint density at radius 2 is 1.17 bits per heavy atom. The van der Waals surface area contributed by atoms with Gasteiger partial charge in [0.2, 0.25) is 0 Å². The minimum absolute atomic E-state index is 0.213. The smallest absolute Gasteiger partial charge is 0.134 e. The first-order valence-corrected chi connectivity index (χ1v) is 8.77. The van der Waals surface area contributed by atoms with Gasteiger partial charge in [-0.1, -0.05) is 36.4 Å². The second-order valence-electron chi connectivity index (χ2n) is 7.37. The molecule has 2 atom stereocenters. The standard InChI is InChI=1S/C22H22O2/c1-13(23)9-15-3-5-17-20-8-7-19(21(17)11-15)18-6-4-16(10-14(2)24)12-22(18)20/h3-6,11-12,19-20H,7-10H2,1-2H3. The van der Waals surface area contributed by atoms with Crippen molar-refractivity contribution in [3.8, 4) is 0 Å². The molecule has 0 aromatic heterocycles. The molecule has 0 saturated heterocycles.